The van der Waals surface area contributed by atoms with Gasteiger partial charge in [0.15, 0.2) is 5.96 Å². The van der Waals surface area contributed by atoms with Crippen LogP contribution in [0.15, 0.2) is 4.99 Å². The average molecular weight is 360 g/mol. The van der Waals surface area contributed by atoms with Crippen LogP contribution in [0.4, 0.5) is 0 Å². The van der Waals surface area contributed by atoms with Gasteiger partial charge in [0.1, 0.15) is 5.60 Å². The Balaban J connectivity index is 3.52. The predicted molar refractivity (Wildman–Crippen MR) is 106 cm³/mol. The highest BCUT2D eigenvalue weighted by molar-refractivity contribution is 7.98. The molecule has 6 heteroatoms. The highest BCUT2D eigenvalue weighted by Crippen LogP contribution is 2.10. The molecule has 0 unspecified atom stereocenters. The van der Waals surface area contributed by atoms with Crippen LogP contribution in [0.25, 0.3) is 0 Å². The van der Waals surface area contributed by atoms with Crippen molar-refractivity contribution >= 4 is 23.7 Å². The molecule has 0 heterocycles. The Morgan fingerprint density at radius 3 is 2.12 bits per heavy atom. The molecule has 0 bridgehead atoms. The molecular weight excluding hydrogens is 322 g/mol. The van der Waals surface area contributed by atoms with Crippen molar-refractivity contribution in [2.75, 3.05) is 32.1 Å². The Bertz CT molecular complexity index is 355. The molecule has 0 saturated heterocycles. The van der Waals surface area contributed by atoms with Gasteiger partial charge in [0, 0.05) is 26.6 Å². The summed E-state index contributed by atoms with van der Waals surface area (Å²) in [5, 5.41) is 6.67. The Labute approximate surface area is 152 Å². The molecule has 0 aromatic rings. The van der Waals surface area contributed by atoms with Gasteiger partial charge in [-0.25, -0.2) is 0 Å². The highest BCUT2D eigenvalue weighted by Gasteiger charge is 2.15. The number of aliphatic imine (C=N–C) groups is 1. The number of thioether (sulfide) groups is 1. The topological polar surface area (TPSA) is 62.7 Å². The third-order valence-electron chi connectivity index (χ3n) is 3.31. The second-order valence-corrected chi connectivity index (χ2v) is 7.86. The van der Waals surface area contributed by atoms with Crippen LogP contribution in [-0.2, 0) is 9.53 Å². The molecule has 0 atom stereocenters. The molecule has 0 fully saturated rings. The maximum absolute atomic E-state index is 11.6. The van der Waals surface area contributed by atoms with E-state index in [4.69, 9.17) is 4.74 Å². The van der Waals surface area contributed by atoms with Crippen LogP contribution in [0.2, 0.25) is 0 Å². The molecule has 0 aliphatic carbocycles. The molecule has 0 aromatic heterocycles. The first kappa shape index (κ1) is 23.1. The van der Waals surface area contributed by atoms with Gasteiger partial charge in [-0.3, -0.25) is 9.79 Å². The van der Waals surface area contributed by atoms with Crippen LogP contribution in [0, 0.1) is 0 Å². The number of nitrogens with zero attached hydrogens (tertiary/aromatic N) is 1. The lowest BCUT2D eigenvalue weighted by atomic mass is 10.1. The van der Waals surface area contributed by atoms with E-state index >= 15 is 0 Å². The number of nitrogens with one attached hydrogen (secondary N) is 2. The zero-order valence-corrected chi connectivity index (χ0v) is 17.1. The largest absolute Gasteiger partial charge is 0.460 e. The summed E-state index contributed by atoms with van der Waals surface area (Å²) in [4.78, 5) is 15.8. The van der Waals surface area contributed by atoms with E-state index in [1.165, 1.54) is 18.6 Å². The molecule has 0 spiro atoms. The number of ether oxygens (including phenoxy) is 1. The number of hydrogen-bond donors (Lipinski definition) is 2. The summed E-state index contributed by atoms with van der Waals surface area (Å²) < 4.78 is 5.30. The van der Waals surface area contributed by atoms with Crippen molar-refractivity contribution in [2.45, 2.75) is 71.3 Å². The number of carbonyl (C=O) groups is 1. The first-order valence-electron chi connectivity index (χ1n) is 9.04. The van der Waals surface area contributed by atoms with E-state index in [2.05, 4.69) is 21.9 Å². The van der Waals surface area contributed by atoms with Crippen molar-refractivity contribution < 1.29 is 9.53 Å². The maximum Gasteiger partial charge on any atom is 0.306 e. The van der Waals surface area contributed by atoms with Gasteiger partial charge >= 0.3 is 5.97 Å². The lowest BCUT2D eigenvalue weighted by molar-refractivity contribution is -0.154. The van der Waals surface area contributed by atoms with Crippen molar-refractivity contribution in [3.8, 4) is 0 Å². The molecule has 142 valence electrons. The molecule has 0 aliphatic heterocycles. The fourth-order valence-corrected chi connectivity index (χ4v) is 2.64. The van der Waals surface area contributed by atoms with Gasteiger partial charge in [0.25, 0.3) is 0 Å². The standard InChI is InChI=1S/C18H37N3O2S/c1-18(2,3)23-16(22)12-8-6-7-9-13-20-17(19-4)21-14-10-11-15-24-5/h6-15H2,1-5H3,(H2,19,20,21). The van der Waals surface area contributed by atoms with Crippen LogP contribution < -0.4 is 10.6 Å². The van der Waals surface area contributed by atoms with Gasteiger partial charge in [0.05, 0.1) is 0 Å². The third-order valence-corrected chi connectivity index (χ3v) is 4.01. The minimum absolute atomic E-state index is 0.0910. The summed E-state index contributed by atoms with van der Waals surface area (Å²) in [6.45, 7) is 7.59. The normalized spacial score (nSPS) is 12.1. The molecule has 0 rings (SSSR count). The van der Waals surface area contributed by atoms with Crippen LogP contribution >= 0.6 is 11.8 Å². The Hall–Kier alpha value is -0.910. The van der Waals surface area contributed by atoms with Crippen molar-refractivity contribution in [3.05, 3.63) is 0 Å². The summed E-state index contributed by atoms with van der Waals surface area (Å²) in [5.41, 5.74) is -0.376. The number of esters is 1. The predicted octanol–water partition coefficient (Wildman–Crippen LogP) is 3.59. The first-order valence-corrected chi connectivity index (χ1v) is 10.4. The maximum atomic E-state index is 11.6. The van der Waals surface area contributed by atoms with Crippen molar-refractivity contribution in [1.29, 1.82) is 0 Å². The quantitative estimate of drug-likeness (QED) is 0.241. The monoisotopic (exact) mass is 359 g/mol. The Kier molecular flexibility index (Phi) is 13.9. The molecule has 0 amide bonds. The summed E-state index contributed by atoms with van der Waals surface area (Å²) in [5.74, 6) is 2.01. The van der Waals surface area contributed by atoms with E-state index in [9.17, 15) is 4.79 Å². The van der Waals surface area contributed by atoms with Gasteiger partial charge < -0.3 is 15.4 Å². The molecule has 5 nitrogen and oxygen atoms in total. The van der Waals surface area contributed by atoms with E-state index in [0.717, 1.165) is 44.7 Å². The van der Waals surface area contributed by atoms with Gasteiger partial charge in [-0.1, -0.05) is 12.8 Å². The van der Waals surface area contributed by atoms with Gasteiger partial charge in [-0.15, -0.1) is 0 Å². The minimum Gasteiger partial charge on any atom is -0.460 e. The lowest BCUT2D eigenvalue weighted by Crippen LogP contribution is -2.38. The number of carbonyl (C=O) groups excluding carboxylic acids is 1. The van der Waals surface area contributed by atoms with E-state index in [-0.39, 0.29) is 11.6 Å². The second-order valence-electron chi connectivity index (χ2n) is 6.88. The minimum atomic E-state index is -0.376. The Morgan fingerprint density at radius 1 is 1.00 bits per heavy atom. The smallest absolute Gasteiger partial charge is 0.306 e. The highest BCUT2D eigenvalue weighted by atomic mass is 32.2. The number of guanidine groups is 1. The van der Waals surface area contributed by atoms with E-state index in [1.807, 2.05) is 32.5 Å². The van der Waals surface area contributed by atoms with Crippen LogP contribution in [0.1, 0.15) is 65.7 Å². The van der Waals surface area contributed by atoms with E-state index in [1.54, 1.807) is 7.05 Å². The SMILES string of the molecule is CN=C(NCCCCCCC(=O)OC(C)(C)C)NCCCCSC. The zero-order chi connectivity index (χ0) is 18.3. The summed E-state index contributed by atoms with van der Waals surface area (Å²) >= 11 is 1.89. The number of hydrogen-bond acceptors (Lipinski definition) is 4. The third kappa shape index (κ3) is 16.0. The molecule has 0 saturated carbocycles. The second kappa shape index (κ2) is 14.4. The molecule has 2 N–H and O–H groups in total. The summed E-state index contributed by atoms with van der Waals surface area (Å²) in [6, 6.07) is 0. The molecule has 0 aliphatic rings. The number of unbranched alkanes of at least 4 members (excludes halogenated alkanes) is 4. The van der Waals surface area contributed by atoms with Gasteiger partial charge in [-0.05, 0) is 58.5 Å². The lowest BCUT2D eigenvalue weighted by Gasteiger charge is -2.19. The van der Waals surface area contributed by atoms with Crippen LogP contribution in [0.5, 0.6) is 0 Å². The molecular formula is C18H37N3O2S. The van der Waals surface area contributed by atoms with Crippen molar-refractivity contribution in [2.24, 2.45) is 4.99 Å². The molecule has 0 aromatic carbocycles. The van der Waals surface area contributed by atoms with Crippen molar-refractivity contribution in [3.63, 3.8) is 0 Å². The van der Waals surface area contributed by atoms with Gasteiger partial charge in [0.2, 0.25) is 0 Å². The summed E-state index contributed by atoms with van der Waals surface area (Å²) in [7, 11) is 1.80. The van der Waals surface area contributed by atoms with Gasteiger partial charge in [-0.2, -0.15) is 11.8 Å². The Morgan fingerprint density at radius 2 is 1.58 bits per heavy atom. The fraction of sp³-hybridized carbons (Fsp3) is 0.889. The van der Waals surface area contributed by atoms with Crippen LogP contribution in [-0.4, -0.2) is 49.7 Å². The van der Waals surface area contributed by atoms with E-state index < -0.39 is 0 Å². The molecule has 24 heavy (non-hydrogen) atoms. The first-order chi connectivity index (χ1) is 11.4. The van der Waals surface area contributed by atoms with Crippen LogP contribution in [0.3, 0.4) is 0 Å². The van der Waals surface area contributed by atoms with E-state index in [0.29, 0.717) is 6.42 Å². The zero-order valence-electron chi connectivity index (χ0n) is 16.2. The van der Waals surface area contributed by atoms with Crippen molar-refractivity contribution in [1.82, 2.24) is 10.6 Å². The fourth-order valence-electron chi connectivity index (χ4n) is 2.15. The number of rotatable bonds is 12. The molecule has 0 radical (unpaired) electrons. The summed E-state index contributed by atoms with van der Waals surface area (Å²) in [6.07, 6.45) is 9.22. The average Bonchev–Trinajstić information content (AvgIpc) is 2.50.